The maximum Gasteiger partial charge on any atom is 0.222 e. The number of nitrogens with one attached hydrogen (secondary N) is 1. The van der Waals surface area contributed by atoms with E-state index in [1.807, 2.05) is 53.2 Å². The van der Waals surface area contributed by atoms with Gasteiger partial charge in [-0.25, -0.2) is 9.67 Å². The number of nitrogens with zero attached hydrogens (tertiary/aromatic N) is 5. The lowest BCUT2D eigenvalue weighted by molar-refractivity contribution is -0.128. The van der Waals surface area contributed by atoms with Gasteiger partial charge in [-0.2, -0.15) is 5.10 Å². The number of carbonyl (C=O) groups excluding carboxylic acids is 1. The number of aliphatic imine (C=N–C) groups is 1. The molecule has 0 aliphatic carbocycles. The number of aromatic nitrogens is 2. The van der Waals surface area contributed by atoms with Gasteiger partial charge in [0.2, 0.25) is 5.91 Å². The maximum atomic E-state index is 11.9. The molecule has 0 radical (unpaired) electrons. The van der Waals surface area contributed by atoms with Crippen LogP contribution in [0.3, 0.4) is 0 Å². The van der Waals surface area contributed by atoms with E-state index in [4.69, 9.17) is 4.99 Å². The molecule has 0 bridgehead atoms. The first-order chi connectivity index (χ1) is 16.1. The van der Waals surface area contributed by atoms with Crippen molar-refractivity contribution in [1.82, 2.24) is 24.9 Å². The fourth-order valence-electron chi connectivity index (χ4n) is 4.07. The number of para-hydroxylation sites is 1. The Labute approximate surface area is 195 Å². The third-order valence-electron chi connectivity index (χ3n) is 5.72. The van der Waals surface area contributed by atoms with Crippen LogP contribution in [0, 0.1) is 0 Å². The molecule has 1 amide bonds. The fraction of sp³-hybridized carbons (Fsp3) is 0.346. The summed E-state index contributed by atoms with van der Waals surface area (Å²) in [6, 6.07) is 18.5. The number of carbonyl (C=O) groups is 1. The van der Waals surface area contributed by atoms with Gasteiger partial charge in [-0.15, -0.1) is 0 Å². The SMILES string of the molecule is CCNC(=NCc1cccc(CN2CCCC2=O)c1)N(C)Cc1cnn(-c2ccccc2)c1. The van der Waals surface area contributed by atoms with Crippen LogP contribution < -0.4 is 5.32 Å². The summed E-state index contributed by atoms with van der Waals surface area (Å²) in [5, 5.41) is 7.88. The highest BCUT2D eigenvalue weighted by atomic mass is 16.2. The Kier molecular flexibility index (Phi) is 7.40. The third-order valence-corrected chi connectivity index (χ3v) is 5.72. The zero-order valence-electron chi connectivity index (χ0n) is 19.4. The molecule has 1 saturated heterocycles. The largest absolute Gasteiger partial charge is 0.357 e. The van der Waals surface area contributed by atoms with E-state index in [0.29, 0.717) is 26.1 Å². The standard InChI is InChI=1S/C26H32N6O/c1-3-27-26(30(2)18-23-17-29-32(20-23)24-11-5-4-6-12-24)28-16-21-9-7-10-22(15-21)19-31-14-8-13-25(31)33/h4-7,9-12,15,17,20H,3,8,13-14,16,18-19H2,1-2H3,(H,27,28). The molecule has 2 heterocycles. The maximum absolute atomic E-state index is 11.9. The molecule has 0 saturated carbocycles. The summed E-state index contributed by atoms with van der Waals surface area (Å²) in [4.78, 5) is 20.9. The van der Waals surface area contributed by atoms with Crippen LogP contribution in [0.4, 0.5) is 0 Å². The number of hydrogen-bond acceptors (Lipinski definition) is 3. The van der Waals surface area contributed by atoms with Crippen molar-refractivity contribution in [2.75, 3.05) is 20.1 Å². The first-order valence-corrected chi connectivity index (χ1v) is 11.6. The molecule has 33 heavy (non-hydrogen) atoms. The van der Waals surface area contributed by atoms with E-state index >= 15 is 0 Å². The molecule has 0 unspecified atom stereocenters. The Morgan fingerprint density at radius 3 is 2.70 bits per heavy atom. The summed E-state index contributed by atoms with van der Waals surface area (Å²) < 4.78 is 1.89. The molecule has 1 aliphatic heterocycles. The molecule has 0 atom stereocenters. The molecule has 0 spiro atoms. The predicted molar refractivity (Wildman–Crippen MR) is 131 cm³/mol. The first kappa shape index (κ1) is 22.6. The number of hydrogen-bond donors (Lipinski definition) is 1. The molecule has 7 nitrogen and oxygen atoms in total. The van der Waals surface area contributed by atoms with Crippen molar-refractivity contribution in [3.05, 3.63) is 83.7 Å². The normalized spacial score (nSPS) is 14.1. The molecule has 1 aliphatic rings. The topological polar surface area (TPSA) is 65.8 Å². The van der Waals surface area contributed by atoms with Crippen molar-refractivity contribution in [3.63, 3.8) is 0 Å². The molecule has 4 rings (SSSR count). The van der Waals surface area contributed by atoms with Gasteiger partial charge in [-0.1, -0.05) is 42.5 Å². The monoisotopic (exact) mass is 444 g/mol. The van der Waals surface area contributed by atoms with Gasteiger partial charge in [-0.05, 0) is 36.6 Å². The third kappa shape index (κ3) is 6.00. The summed E-state index contributed by atoms with van der Waals surface area (Å²) in [6.07, 6.45) is 5.59. The number of likely N-dealkylation sites (tertiary alicyclic amines) is 1. The lowest BCUT2D eigenvalue weighted by Crippen LogP contribution is -2.38. The molecular formula is C26H32N6O. The van der Waals surface area contributed by atoms with Crippen molar-refractivity contribution < 1.29 is 4.79 Å². The molecule has 2 aromatic carbocycles. The summed E-state index contributed by atoms with van der Waals surface area (Å²) in [5.74, 6) is 1.11. The minimum atomic E-state index is 0.255. The zero-order chi connectivity index (χ0) is 23.0. The molecule has 172 valence electrons. The van der Waals surface area contributed by atoms with E-state index < -0.39 is 0 Å². The lowest BCUT2D eigenvalue weighted by atomic mass is 10.1. The van der Waals surface area contributed by atoms with Crippen molar-refractivity contribution in [3.8, 4) is 5.69 Å². The van der Waals surface area contributed by atoms with Gasteiger partial charge < -0.3 is 15.1 Å². The van der Waals surface area contributed by atoms with Gasteiger partial charge in [-0.3, -0.25) is 4.79 Å². The number of amides is 1. The van der Waals surface area contributed by atoms with Crippen LogP contribution in [0.1, 0.15) is 36.5 Å². The average Bonchev–Trinajstić information content (AvgIpc) is 3.46. The van der Waals surface area contributed by atoms with Crippen LogP contribution in [0.15, 0.2) is 72.0 Å². The smallest absolute Gasteiger partial charge is 0.222 e. The molecule has 1 N–H and O–H groups in total. The van der Waals surface area contributed by atoms with Crippen LogP contribution in [0.25, 0.3) is 5.69 Å². The minimum Gasteiger partial charge on any atom is -0.357 e. The summed E-state index contributed by atoms with van der Waals surface area (Å²) >= 11 is 0. The van der Waals surface area contributed by atoms with Gasteiger partial charge in [0, 0.05) is 51.4 Å². The molecular weight excluding hydrogens is 412 g/mol. The average molecular weight is 445 g/mol. The molecule has 7 heteroatoms. The number of benzene rings is 2. The predicted octanol–water partition coefficient (Wildman–Crippen LogP) is 3.59. The minimum absolute atomic E-state index is 0.255. The van der Waals surface area contributed by atoms with Crippen molar-refractivity contribution in [1.29, 1.82) is 0 Å². The van der Waals surface area contributed by atoms with E-state index in [9.17, 15) is 4.79 Å². The van der Waals surface area contributed by atoms with Gasteiger partial charge in [0.15, 0.2) is 5.96 Å². The molecule has 1 aromatic heterocycles. The lowest BCUT2D eigenvalue weighted by Gasteiger charge is -2.21. The zero-order valence-corrected chi connectivity index (χ0v) is 19.4. The van der Waals surface area contributed by atoms with Gasteiger partial charge >= 0.3 is 0 Å². The Balaban J connectivity index is 1.40. The Hall–Kier alpha value is -3.61. The van der Waals surface area contributed by atoms with Crippen molar-refractivity contribution in [2.24, 2.45) is 4.99 Å². The van der Waals surface area contributed by atoms with E-state index in [1.54, 1.807) is 0 Å². The second kappa shape index (κ2) is 10.8. The number of guanidine groups is 1. The highest BCUT2D eigenvalue weighted by Crippen LogP contribution is 2.16. The van der Waals surface area contributed by atoms with Crippen molar-refractivity contribution >= 4 is 11.9 Å². The Morgan fingerprint density at radius 2 is 1.94 bits per heavy atom. The van der Waals surface area contributed by atoms with E-state index in [-0.39, 0.29) is 5.91 Å². The van der Waals surface area contributed by atoms with Crippen LogP contribution in [0.5, 0.6) is 0 Å². The Bertz CT molecular complexity index is 1090. The molecule has 1 fully saturated rings. The highest BCUT2D eigenvalue weighted by Gasteiger charge is 2.20. The summed E-state index contributed by atoms with van der Waals surface area (Å²) in [7, 11) is 2.04. The van der Waals surface area contributed by atoms with E-state index in [1.165, 1.54) is 0 Å². The Morgan fingerprint density at radius 1 is 1.12 bits per heavy atom. The van der Waals surface area contributed by atoms with Gasteiger partial charge in [0.25, 0.3) is 0 Å². The van der Waals surface area contributed by atoms with Crippen LogP contribution in [-0.4, -0.2) is 51.6 Å². The van der Waals surface area contributed by atoms with Crippen LogP contribution in [-0.2, 0) is 24.4 Å². The second-order valence-corrected chi connectivity index (χ2v) is 8.39. The van der Waals surface area contributed by atoms with Gasteiger partial charge in [0.05, 0.1) is 18.4 Å². The van der Waals surface area contributed by atoms with Gasteiger partial charge in [0.1, 0.15) is 0 Å². The van der Waals surface area contributed by atoms with Crippen molar-refractivity contribution in [2.45, 2.75) is 39.4 Å². The first-order valence-electron chi connectivity index (χ1n) is 11.6. The second-order valence-electron chi connectivity index (χ2n) is 8.39. The number of rotatable bonds is 8. The fourth-order valence-corrected chi connectivity index (χ4v) is 4.07. The quantitative estimate of drug-likeness (QED) is 0.426. The summed E-state index contributed by atoms with van der Waals surface area (Å²) in [5.41, 5.74) is 4.45. The summed E-state index contributed by atoms with van der Waals surface area (Å²) in [6.45, 7) is 5.70. The van der Waals surface area contributed by atoms with E-state index in [0.717, 1.165) is 47.8 Å². The van der Waals surface area contributed by atoms with Crippen LogP contribution in [0.2, 0.25) is 0 Å². The highest BCUT2D eigenvalue weighted by molar-refractivity contribution is 5.79. The van der Waals surface area contributed by atoms with Crippen LogP contribution >= 0.6 is 0 Å². The molecule has 3 aromatic rings. The van der Waals surface area contributed by atoms with E-state index in [2.05, 4.69) is 52.7 Å².